The average Bonchev–Trinajstić information content (AvgIpc) is 2.69. The highest BCUT2D eigenvalue weighted by Gasteiger charge is 2.25. The van der Waals surface area contributed by atoms with Crippen LogP contribution in [0.15, 0.2) is 0 Å². The van der Waals surface area contributed by atoms with Gasteiger partial charge >= 0.3 is 6.09 Å². The summed E-state index contributed by atoms with van der Waals surface area (Å²) >= 11 is 0. The molecule has 1 saturated carbocycles. The third kappa shape index (κ3) is 3.23. The lowest BCUT2D eigenvalue weighted by Gasteiger charge is -2.12. The highest BCUT2D eigenvalue weighted by atomic mass is 16.4. The van der Waals surface area contributed by atoms with Gasteiger partial charge in [0.05, 0.1) is 12.6 Å². The van der Waals surface area contributed by atoms with Gasteiger partial charge in [-0.15, -0.1) is 0 Å². The number of carbonyl (C=O) groups is 1. The van der Waals surface area contributed by atoms with Crippen LogP contribution in [0.4, 0.5) is 4.79 Å². The van der Waals surface area contributed by atoms with Gasteiger partial charge in [-0.25, -0.2) is 4.79 Å². The molecule has 0 bridgehead atoms. The molecule has 0 aromatic carbocycles. The highest BCUT2D eigenvalue weighted by molar-refractivity contribution is 5.64. The maximum absolute atomic E-state index is 10.1. The number of amides is 1. The van der Waals surface area contributed by atoms with Crippen molar-refractivity contribution >= 4 is 6.09 Å². The van der Waals surface area contributed by atoms with Crippen LogP contribution in [0.3, 0.4) is 0 Å². The van der Waals surface area contributed by atoms with Crippen molar-refractivity contribution in [3.8, 4) is 0 Å². The molecule has 3 N–H and O–H groups in total. The molecule has 4 nitrogen and oxygen atoms in total. The maximum Gasteiger partial charge on any atom is 0.404 e. The molecule has 0 radical (unpaired) electrons. The zero-order chi connectivity index (χ0) is 8.27. The number of rotatable bonds is 4. The zero-order valence-corrected chi connectivity index (χ0v) is 6.29. The molecule has 1 amide bonds. The predicted octanol–water partition coefficient (Wildman–Crippen LogP) is 0.415. The highest BCUT2D eigenvalue weighted by Crippen LogP contribution is 2.33. The fourth-order valence-corrected chi connectivity index (χ4v) is 1.11. The Balaban J connectivity index is 2.17. The Morgan fingerprint density at radius 3 is 2.64 bits per heavy atom. The molecule has 1 aliphatic rings. The first-order valence-electron chi connectivity index (χ1n) is 3.82. The van der Waals surface area contributed by atoms with Gasteiger partial charge in [-0.3, -0.25) is 0 Å². The molecule has 1 rings (SSSR count). The van der Waals surface area contributed by atoms with Crippen molar-refractivity contribution in [3.63, 3.8) is 0 Å². The second-order valence-corrected chi connectivity index (χ2v) is 3.01. The van der Waals surface area contributed by atoms with Crippen LogP contribution in [-0.2, 0) is 0 Å². The largest absolute Gasteiger partial charge is 0.465 e. The first-order chi connectivity index (χ1) is 5.22. The molecule has 0 heterocycles. The minimum absolute atomic E-state index is 0.0944. The standard InChI is InChI=1S/C7H13NO3/c9-4-6(8-7(10)11)3-5-1-2-5/h5-6,8-9H,1-4H2,(H,10,11). The monoisotopic (exact) mass is 159 g/mol. The van der Waals surface area contributed by atoms with E-state index in [1.807, 2.05) is 0 Å². The van der Waals surface area contributed by atoms with Gasteiger partial charge in [-0.1, -0.05) is 12.8 Å². The first-order valence-corrected chi connectivity index (χ1v) is 3.82. The second-order valence-electron chi connectivity index (χ2n) is 3.01. The molecule has 1 fully saturated rings. The van der Waals surface area contributed by atoms with Crippen LogP contribution in [0.25, 0.3) is 0 Å². The van der Waals surface area contributed by atoms with Crippen molar-refractivity contribution in [2.75, 3.05) is 6.61 Å². The fraction of sp³-hybridized carbons (Fsp3) is 0.857. The summed E-state index contributed by atoms with van der Waals surface area (Å²) in [6.45, 7) is -0.0944. The predicted molar refractivity (Wildman–Crippen MR) is 39.4 cm³/mol. The van der Waals surface area contributed by atoms with E-state index in [9.17, 15) is 4.79 Å². The van der Waals surface area contributed by atoms with Crippen LogP contribution in [0, 0.1) is 5.92 Å². The van der Waals surface area contributed by atoms with Crippen LogP contribution < -0.4 is 5.32 Å². The van der Waals surface area contributed by atoms with Crippen molar-refractivity contribution in [1.29, 1.82) is 0 Å². The number of aliphatic hydroxyl groups excluding tert-OH is 1. The van der Waals surface area contributed by atoms with Crippen LogP contribution in [-0.4, -0.2) is 29.0 Å². The lowest BCUT2D eigenvalue weighted by molar-refractivity contribution is 0.174. The summed E-state index contributed by atoms with van der Waals surface area (Å²) in [5, 5.41) is 19.3. The Kier molecular flexibility index (Phi) is 2.70. The molecule has 1 aliphatic carbocycles. The fourth-order valence-electron chi connectivity index (χ4n) is 1.11. The normalized spacial score (nSPS) is 19.4. The van der Waals surface area contributed by atoms with E-state index in [4.69, 9.17) is 10.2 Å². The Hall–Kier alpha value is -0.770. The minimum atomic E-state index is -1.05. The van der Waals surface area contributed by atoms with Crippen molar-refractivity contribution in [3.05, 3.63) is 0 Å². The molecule has 1 atom stereocenters. The van der Waals surface area contributed by atoms with Gasteiger partial charge in [0, 0.05) is 0 Å². The molecule has 0 aromatic rings. The quantitative estimate of drug-likeness (QED) is 0.556. The lowest BCUT2D eigenvalue weighted by Crippen LogP contribution is -2.36. The van der Waals surface area contributed by atoms with E-state index in [2.05, 4.69) is 5.32 Å². The second kappa shape index (κ2) is 3.57. The van der Waals surface area contributed by atoms with E-state index in [0.717, 1.165) is 6.42 Å². The number of nitrogens with one attached hydrogen (secondary N) is 1. The summed E-state index contributed by atoms with van der Waals surface area (Å²) in [5.74, 6) is 0.638. The summed E-state index contributed by atoms with van der Waals surface area (Å²) in [5.41, 5.74) is 0. The van der Waals surface area contributed by atoms with Gasteiger partial charge in [0.1, 0.15) is 0 Å². The topological polar surface area (TPSA) is 69.6 Å². The minimum Gasteiger partial charge on any atom is -0.465 e. The van der Waals surface area contributed by atoms with Crippen molar-refractivity contribution in [1.82, 2.24) is 5.32 Å². The van der Waals surface area contributed by atoms with Crippen molar-refractivity contribution in [2.45, 2.75) is 25.3 Å². The van der Waals surface area contributed by atoms with Crippen LogP contribution in [0.2, 0.25) is 0 Å². The number of hydrogen-bond donors (Lipinski definition) is 3. The van der Waals surface area contributed by atoms with E-state index >= 15 is 0 Å². The average molecular weight is 159 g/mol. The Morgan fingerprint density at radius 1 is 1.64 bits per heavy atom. The number of aliphatic hydroxyl groups is 1. The van der Waals surface area contributed by atoms with E-state index < -0.39 is 6.09 Å². The Labute approximate surface area is 65.2 Å². The van der Waals surface area contributed by atoms with Crippen LogP contribution in [0.1, 0.15) is 19.3 Å². The van der Waals surface area contributed by atoms with Crippen molar-refractivity contribution < 1.29 is 15.0 Å². The third-order valence-corrected chi connectivity index (χ3v) is 1.86. The smallest absolute Gasteiger partial charge is 0.404 e. The molecule has 64 valence electrons. The molecule has 4 heteroatoms. The van der Waals surface area contributed by atoms with Crippen LogP contribution in [0.5, 0.6) is 0 Å². The van der Waals surface area contributed by atoms with E-state index in [1.165, 1.54) is 12.8 Å². The molecular formula is C7H13NO3. The van der Waals surface area contributed by atoms with Gasteiger partial charge in [-0.05, 0) is 12.3 Å². The van der Waals surface area contributed by atoms with Gasteiger partial charge < -0.3 is 15.5 Å². The third-order valence-electron chi connectivity index (χ3n) is 1.86. The van der Waals surface area contributed by atoms with Gasteiger partial charge in [0.25, 0.3) is 0 Å². The zero-order valence-electron chi connectivity index (χ0n) is 6.29. The SMILES string of the molecule is O=C(O)NC(CO)CC1CC1. The first kappa shape index (κ1) is 8.33. The number of hydrogen-bond acceptors (Lipinski definition) is 2. The Morgan fingerprint density at radius 2 is 2.27 bits per heavy atom. The van der Waals surface area contributed by atoms with Crippen LogP contribution >= 0.6 is 0 Å². The lowest BCUT2D eigenvalue weighted by atomic mass is 10.1. The van der Waals surface area contributed by atoms with E-state index in [1.54, 1.807) is 0 Å². The molecule has 0 aliphatic heterocycles. The van der Waals surface area contributed by atoms with E-state index in [-0.39, 0.29) is 12.6 Å². The molecule has 0 aromatic heterocycles. The Bertz CT molecular complexity index is 145. The molecule has 0 saturated heterocycles. The summed E-state index contributed by atoms with van der Waals surface area (Å²) in [4.78, 5) is 10.1. The van der Waals surface area contributed by atoms with E-state index in [0.29, 0.717) is 5.92 Å². The maximum atomic E-state index is 10.1. The molecule has 11 heavy (non-hydrogen) atoms. The summed E-state index contributed by atoms with van der Waals surface area (Å²) in [6, 6.07) is -0.264. The molecule has 0 spiro atoms. The van der Waals surface area contributed by atoms with Gasteiger partial charge in [0.2, 0.25) is 0 Å². The van der Waals surface area contributed by atoms with Gasteiger partial charge in [-0.2, -0.15) is 0 Å². The van der Waals surface area contributed by atoms with Crippen molar-refractivity contribution in [2.24, 2.45) is 5.92 Å². The summed E-state index contributed by atoms with van der Waals surface area (Å²) in [7, 11) is 0. The summed E-state index contributed by atoms with van der Waals surface area (Å²) < 4.78 is 0. The summed E-state index contributed by atoms with van der Waals surface area (Å²) in [6.07, 6.45) is 2.09. The molecule has 1 unspecified atom stereocenters. The van der Waals surface area contributed by atoms with Gasteiger partial charge in [0.15, 0.2) is 0 Å². The molecular weight excluding hydrogens is 146 g/mol. The number of carboxylic acid groups (broad SMARTS) is 1.